The van der Waals surface area contributed by atoms with Crippen LogP contribution in [-0.2, 0) is 0 Å². The van der Waals surface area contributed by atoms with Crippen LogP contribution in [0.2, 0.25) is 0 Å². The van der Waals surface area contributed by atoms with E-state index < -0.39 is 0 Å². The molecule has 0 N–H and O–H groups in total. The quantitative estimate of drug-likeness (QED) is 0.753. The predicted octanol–water partition coefficient (Wildman–Crippen LogP) is 1.74. The first-order valence-corrected chi connectivity index (χ1v) is 4.94. The molecule has 0 unspecified atom stereocenters. The lowest BCUT2D eigenvalue weighted by Gasteiger charge is -2.01. The van der Waals surface area contributed by atoms with Crippen molar-refractivity contribution in [2.24, 2.45) is 0 Å². The van der Waals surface area contributed by atoms with Gasteiger partial charge in [-0.2, -0.15) is 10.4 Å². The molecule has 2 heterocycles. The number of hydrogen-bond acceptors (Lipinski definition) is 3. The van der Waals surface area contributed by atoms with Crippen LogP contribution in [0.15, 0.2) is 30.9 Å². The molecule has 0 aliphatic heterocycles. The summed E-state index contributed by atoms with van der Waals surface area (Å²) >= 11 is 2.16. The van der Waals surface area contributed by atoms with Gasteiger partial charge in [-0.15, -0.1) is 0 Å². The highest BCUT2D eigenvalue weighted by Crippen LogP contribution is 2.12. The van der Waals surface area contributed by atoms with E-state index in [0.717, 1.165) is 3.57 Å². The fraction of sp³-hybridized carbons (Fsp3) is 0. The molecule has 4 nitrogen and oxygen atoms in total. The molecule has 0 bridgehead atoms. The van der Waals surface area contributed by atoms with E-state index in [1.54, 1.807) is 29.3 Å². The molecule has 0 amide bonds. The molecule has 0 saturated carbocycles. The molecule has 0 aromatic carbocycles. The number of rotatable bonds is 1. The normalized spacial score (nSPS) is 9.71. The van der Waals surface area contributed by atoms with Crippen LogP contribution in [0.5, 0.6) is 0 Å². The van der Waals surface area contributed by atoms with Gasteiger partial charge in [0.2, 0.25) is 0 Å². The largest absolute Gasteiger partial charge is 0.262 e. The van der Waals surface area contributed by atoms with Gasteiger partial charge in [0.05, 0.1) is 21.5 Å². The lowest BCUT2D eigenvalue weighted by Crippen LogP contribution is -1.98. The molecule has 2 rings (SSSR count). The number of hydrogen-bond donors (Lipinski definition) is 0. The first kappa shape index (κ1) is 9.15. The smallest absolute Gasteiger partial charge is 0.102 e. The van der Waals surface area contributed by atoms with Crippen molar-refractivity contribution in [2.75, 3.05) is 0 Å². The molecular weight excluding hydrogens is 291 g/mol. The first-order chi connectivity index (χ1) is 6.81. The van der Waals surface area contributed by atoms with Crippen molar-refractivity contribution in [3.63, 3.8) is 0 Å². The fourth-order valence-electron chi connectivity index (χ4n) is 1.10. The van der Waals surface area contributed by atoms with Crippen LogP contribution in [0.1, 0.15) is 5.56 Å². The number of nitrogens with zero attached hydrogens (tertiary/aromatic N) is 4. The van der Waals surface area contributed by atoms with Crippen molar-refractivity contribution in [1.82, 2.24) is 14.8 Å². The van der Waals surface area contributed by atoms with E-state index in [1.807, 2.05) is 6.20 Å². The Morgan fingerprint density at radius 2 is 2.29 bits per heavy atom. The fourth-order valence-corrected chi connectivity index (χ4v) is 1.48. The standard InChI is InChI=1S/C9H5IN4/c10-8-4-13-14(6-8)9-5-12-2-1-7(9)3-11/h1-2,4-6H. The van der Waals surface area contributed by atoms with Crippen LogP contribution in [0.3, 0.4) is 0 Å². The van der Waals surface area contributed by atoms with E-state index >= 15 is 0 Å². The van der Waals surface area contributed by atoms with Gasteiger partial charge < -0.3 is 0 Å². The Balaban J connectivity index is 2.57. The zero-order chi connectivity index (χ0) is 9.97. The molecule has 2 aromatic rings. The second-order valence-electron chi connectivity index (χ2n) is 2.61. The third-order valence-corrected chi connectivity index (χ3v) is 2.28. The third kappa shape index (κ3) is 1.61. The predicted molar refractivity (Wildman–Crippen MR) is 58.8 cm³/mol. The molecule has 0 fully saturated rings. The van der Waals surface area contributed by atoms with Gasteiger partial charge in [-0.05, 0) is 28.7 Å². The molecule has 14 heavy (non-hydrogen) atoms. The van der Waals surface area contributed by atoms with Crippen molar-refractivity contribution in [3.8, 4) is 11.8 Å². The van der Waals surface area contributed by atoms with Crippen LogP contribution in [-0.4, -0.2) is 14.8 Å². The van der Waals surface area contributed by atoms with Crippen LogP contribution < -0.4 is 0 Å². The van der Waals surface area contributed by atoms with Crippen molar-refractivity contribution in [3.05, 3.63) is 40.0 Å². The molecule has 5 heteroatoms. The molecule has 0 spiro atoms. The summed E-state index contributed by atoms with van der Waals surface area (Å²) in [5.74, 6) is 0. The summed E-state index contributed by atoms with van der Waals surface area (Å²) in [6, 6.07) is 3.77. The minimum atomic E-state index is 0.569. The van der Waals surface area contributed by atoms with Gasteiger partial charge in [0, 0.05) is 12.4 Å². The first-order valence-electron chi connectivity index (χ1n) is 3.86. The summed E-state index contributed by atoms with van der Waals surface area (Å²) in [5, 5.41) is 13.0. The van der Waals surface area contributed by atoms with Gasteiger partial charge in [-0.3, -0.25) is 4.98 Å². The van der Waals surface area contributed by atoms with Crippen LogP contribution in [0.25, 0.3) is 5.69 Å². The van der Waals surface area contributed by atoms with E-state index in [0.29, 0.717) is 11.3 Å². The maximum absolute atomic E-state index is 8.87. The Morgan fingerprint density at radius 1 is 1.43 bits per heavy atom. The number of halogens is 1. The molecule has 0 saturated heterocycles. The van der Waals surface area contributed by atoms with Crippen molar-refractivity contribution >= 4 is 22.6 Å². The lowest BCUT2D eigenvalue weighted by molar-refractivity contribution is 0.870. The molecular formula is C9H5IN4. The maximum atomic E-state index is 8.87. The Bertz CT molecular complexity index is 498. The molecule has 68 valence electrons. The molecule has 0 radical (unpaired) electrons. The second kappa shape index (κ2) is 3.75. The number of aromatic nitrogens is 3. The van der Waals surface area contributed by atoms with Gasteiger partial charge >= 0.3 is 0 Å². The van der Waals surface area contributed by atoms with E-state index in [2.05, 4.69) is 38.7 Å². The SMILES string of the molecule is N#Cc1ccncc1-n1cc(I)cn1. The van der Waals surface area contributed by atoms with Crippen LogP contribution >= 0.6 is 22.6 Å². The minimum Gasteiger partial charge on any atom is -0.262 e. The summed E-state index contributed by atoms with van der Waals surface area (Å²) in [5.41, 5.74) is 1.28. The Kier molecular flexibility index (Phi) is 2.45. The average Bonchev–Trinajstić information content (AvgIpc) is 2.65. The number of nitriles is 1. The maximum Gasteiger partial charge on any atom is 0.102 e. The van der Waals surface area contributed by atoms with Gasteiger partial charge in [-0.25, -0.2) is 4.68 Å². The van der Waals surface area contributed by atoms with Crippen LogP contribution in [0.4, 0.5) is 0 Å². The zero-order valence-electron chi connectivity index (χ0n) is 7.05. The topological polar surface area (TPSA) is 54.5 Å². The zero-order valence-corrected chi connectivity index (χ0v) is 9.21. The van der Waals surface area contributed by atoms with Crippen LogP contribution in [0, 0.1) is 14.9 Å². The van der Waals surface area contributed by atoms with Gasteiger partial charge in [0.25, 0.3) is 0 Å². The monoisotopic (exact) mass is 296 g/mol. The number of pyridine rings is 1. The third-order valence-electron chi connectivity index (χ3n) is 1.72. The molecule has 0 aliphatic rings. The lowest BCUT2D eigenvalue weighted by atomic mass is 10.2. The highest BCUT2D eigenvalue weighted by molar-refractivity contribution is 14.1. The summed E-state index contributed by atoms with van der Waals surface area (Å²) in [7, 11) is 0. The second-order valence-corrected chi connectivity index (χ2v) is 3.85. The summed E-state index contributed by atoms with van der Waals surface area (Å²) in [6.07, 6.45) is 6.80. The summed E-state index contributed by atoms with van der Waals surface area (Å²) in [4.78, 5) is 3.96. The summed E-state index contributed by atoms with van der Waals surface area (Å²) in [6.45, 7) is 0. The Hall–Kier alpha value is -1.42. The van der Waals surface area contributed by atoms with Gasteiger partial charge in [-0.1, -0.05) is 0 Å². The van der Waals surface area contributed by atoms with Gasteiger partial charge in [0.15, 0.2) is 0 Å². The van der Waals surface area contributed by atoms with Crippen molar-refractivity contribution in [2.45, 2.75) is 0 Å². The van der Waals surface area contributed by atoms with E-state index in [-0.39, 0.29) is 0 Å². The summed E-state index contributed by atoms with van der Waals surface area (Å²) < 4.78 is 2.67. The molecule has 2 aromatic heterocycles. The van der Waals surface area contributed by atoms with Gasteiger partial charge in [0.1, 0.15) is 11.8 Å². The Morgan fingerprint density at radius 3 is 2.93 bits per heavy atom. The Labute approximate surface area is 94.3 Å². The average molecular weight is 296 g/mol. The minimum absolute atomic E-state index is 0.569. The molecule has 0 atom stereocenters. The molecule has 0 aliphatic carbocycles. The van der Waals surface area contributed by atoms with Crippen molar-refractivity contribution in [1.29, 1.82) is 5.26 Å². The highest BCUT2D eigenvalue weighted by Gasteiger charge is 2.04. The highest BCUT2D eigenvalue weighted by atomic mass is 127. The van der Waals surface area contributed by atoms with E-state index in [1.165, 1.54) is 0 Å². The van der Waals surface area contributed by atoms with E-state index in [4.69, 9.17) is 5.26 Å². The van der Waals surface area contributed by atoms with E-state index in [9.17, 15) is 0 Å². The van der Waals surface area contributed by atoms with Crippen molar-refractivity contribution < 1.29 is 0 Å².